The largest absolute Gasteiger partial charge is 0.310 e. The van der Waals surface area contributed by atoms with Crippen LogP contribution in [-0.4, -0.2) is 4.57 Å². The molecule has 1 heterocycles. The van der Waals surface area contributed by atoms with Gasteiger partial charge in [0.05, 0.1) is 5.52 Å². The lowest BCUT2D eigenvalue weighted by Gasteiger charge is -2.27. The highest BCUT2D eigenvalue weighted by Gasteiger charge is 2.18. The molecule has 2 nitrogen and oxygen atoms in total. The first-order chi connectivity index (χ1) is 19.3. The first-order valence-electron chi connectivity index (χ1n) is 13.7. The van der Waals surface area contributed by atoms with Crippen LogP contribution in [0.5, 0.6) is 0 Å². The quantitative estimate of drug-likeness (QED) is 0.228. The zero-order valence-corrected chi connectivity index (χ0v) is 22.1. The van der Waals surface area contributed by atoms with Gasteiger partial charge in [-0.1, -0.05) is 78.9 Å². The molecule has 0 amide bonds. The molecule has 1 aromatic heterocycles. The minimum absolute atomic E-state index is 1.10. The fourth-order valence-corrected chi connectivity index (χ4v) is 5.94. The molecule has 5 aromatic carbocycles. The van der Waals surface area contributed by atoms with Crippen molar-refractivity contribution in [2.75, 3.05) is 4.90 Å². The Morgan fingerprint density at radius 1 is 0.641 bits per heavy atom. The summed E-state index contributed by atoms with van der Waals surface area (Å²) >= 11 is 0. The average Bonchev–Trinajstić information content (AvgIpc) is 3.34. The van der Waals surface area contributed by atoms with Gasteiger partial charge in [-0.2, -0.15) is 0 Å². The number of fused-ring (bicyclic) bond motifs is 3. The Balaban J connectivity index is 1.26. The van der Waals surface area contributed by atoms with Gasteiger partial charge in [-0.25, -0.2) is 0 Å². The van der Waals surface area contributed by atoms with E-state index in [0.29, 0.717) is 0 Å². The Hall–Kier alpha value is -4.82. The molecule has 1 aliphatic rings. The summed E-state index contributed by atoms with van der Waals surface area (Å²) in [5.74, 6) is 0. The summed E-state index contributed by atoms with van der Waals surface area (Å²) in [6.07, 6.45) is 6.80. The number of para-hydroxylation sites is 3. The number of allylic oxidation sites excluding steroid dienone is 1. The molecule has 0 aliphatic heterocycles. The van der Waals surface area contributed by atoms with E-state index in [4.69, 9.17) is 0 Å². The number of rotatable bonds is 5. The lowest BCUT2D eigenvalue weighted by molar-refractivity contribution is 0.967. The van der Waals surface area contributed by atoms with Gasteiger partial charge in [0, 0.05) is 33.8 Å². The molecule has 1 aliphatic carbocycles. The van der Waals surface area contributed by atoms with E-state index in [1.807, 2.05) is 0 Å². The maximum Gasteiger partial charge on any atom is 0.0537 e. The molecule has 2 heteroatoms. The highest BCUT2D eigenvalue weighted by molar-refractivity contribution is 5.91. The zero-order chi connectivity index (χ0) is 26.2. The Bertz CT molecular complexity index is 1750. The number of hydrogen-bond acceptors (Lipinski definition) is 1. The van der Waals surface area contributed by atoms with Crippen molar-refractivity contribution in [2.24, 2.45) is 0 Å². The molecule has 0 saturated carbocycles. The van der Waals surface area contributed by atoms with E-state index in [1.54, 1.807) is 0 Å². The molecule has 0 radical (unpaired) electrons. The smallest absolute Gasteiger partial charge is 0.0537 e. The van der Waals surface area contributed by atoms with E-state index in [2.05, 4.69) is 156 Å². The molecule has 39 heavy (non-hydrogen) atoms. The van der Waals surface area contributed by atoms with E-state index in [1.165, 1.54) is 50.2 Å². The van der Waals surface area contributed by atoms with Crippen molar-refractivity contribution >= 4 is 34.0 Å². The molecular formula is C37H30N2. The standard InChI is InChI=1S/C37H30N2/c1-27-26-29(22-25-35(27)38(30-12-4-2-5-13-30)31-14-6-3-7-15-31)28-20-23-32(24-21-28)39-36-18-10-8-16-33(36)34-17-9-11-19-37(34)39/h2-8,10-16,18-26H,9,17H2,1H3. The normalized spacial score (nSPS) is 12.4. The first kappa shape index (κ1) is 23.3. The van der Waals surface area contributed by atoms with Crippen molar-refractivity contribution in [3.63, 3.8) is 0 Å². The van der Waals surface area contributed by atoms with Crippen LogP contribution < -0.4 is 4.90 Å². The third kappa shape index (κ3) is 4.15. The SMILES string of the molecule is Cc1cc(-c2ccc(-n3c4c(c5ccccc53)CCC=C4)cc2)ccc1N(c1ccccc1)c1ccccc1. The first-order valence-corrected chi connectivity index (χ1v) is 13.7. The van der Waals surface area contributed by atoms with Gasteiger partial charge in [-0.3, -0.25) is 0 Å². The van der Waals surface area contributed by atoms with Crippen LogP contribution in [0.1, 0.15) is 23.2 Å². The lowest BCUT2D eigenvalue weighted by Crippen LogP contribution is -2.11. The summed E-state index contributed by atoms with van der Waals surface area (Å²) < 4.78 is 2.41. The Kier molecular flexibility index (Phi) is 5.86. The van der Waals surface area contributed by atoms with Gasteiger partial charge in [-0.05, 0) is 103 Å². The molecule has 0 unspecified atom stereocenters. The fourth-order valence-electron chi connectivity index (χ4n) is 5.94. The van der Waals surface area contributed by atoms with Crippen LogP contribution in [0.15, 0.2) is 133 Å². The topological polar surface area (TPSA) is 8.17 Å². The monoisotopic (exact) mass is 502 g/mol. The van der Waals surface area contributed by atoms with Crippen LogP contribution in [0.2, 0.25) is 0 Å². The number of aromatic nitrogens is 1. The van der Waals surface area contributed by atoms with Crippen LogP contribution in [0, 0.1) is 6.92 Å². The summed E-state index contributed by atoms with van der Waals surface area (Å²) in [5, 5.41) is 1.37. The number of benzene rings is 5. The van der Waals surface area contributed by atoms with Crippen LogP contribution in [-0.2, 0) is 6.42 Å². The maximum absolute atomic E-state index is 2.41. The molecular weight excluding hydrogens is 472 g/mol. The summed E-state index contributed by atoms with van der Waals surface area (Å²) in [6.45, 7) is 2.21. The number of hydrogen-bond donors (Lipinski definition) is 0. The third-order valence-electron chi connectivity index (χ3n) is 7.78. The Morgan fingerprint density at radius 2 is 1.28 bits per heavy atom. The zero-order valence-electron chi connectivity index (χ0n) is 22.1. The number of anilines is 3. The van der Waals surface area contributed by atoms with Gasteiger partial charge in [0.25, 0.3) is 0 Å². The second kappa shape index (κ2) is 9.81. The third-order valence-corrected chi connectivity index (χ3v) is 7.78. The van der Waals surface area contributed by atoms with Crippen molar-refractivity contribution < 1.29 is 0 Å². The van der Waals surface area contributed by atoms with E-state index in [0.717, 1.165) is 24.2 Å². The van der Waals surface area contributed by atoms with Gasteiger partial charge in [0.2, 0.25) is 0 Å². The summed E-state index contributed by atoms with van der Waals surface area (Å²) in [5.41, 5.74) is 12.4. The number of nitrogens with zero attached hydrogens (tertiary/aromatic N) is 2. The second-order valence-electron chi connectivity index (χ2n) is 10.2. The van der Waals surface area contributed by atoms with Gasteiger partial charge in [0.1, 0.15) is 0 Å². The van der Waals surface area contributed by atoms with Gasteiger partial charge in [-0.15, -0.1) is 0 Å². The predicted octanol–water partition coefficient (Wildman–Crippen LogP) is 10.0. The van der Waals surface area contributed by atoms with Crippen LogP contribution in [0.3, 0.4) is 0 Å². The van der Waals surface area contributed by atoms with Crippen LogP contribution in [0.25, 0.3) is 33.8 Å². The fraction of sp³-hybridized carbons (Fsp3) is 0.0811. The van der Waals surface area contributed by atoms with Crippen molar-refractivity contribution in [2.45, 2.75) is 19.8 Å². The van der Waals surface area contributed by atoms with E-state index in [9.17, 15) is 0 Å². The van der Waals surface area contributed by atoms with Crippen molar-refractivity contribution in [3.8, 4) is 16.8 Å². The molecule has 0 N–H and O–H groups in total. The van der Waals surface area contributed by atoms with Gasteiger partial charge >= 0.3 is 0 Å². The molecule has 7 rings (SSSR count). The predicted molar refractivity (Wildman–Crippen MR) is 165 cm³/mol. The second-order valence-corrected chi connectivity index (χ2v) is 10.2. The number of aryl methyl sites for hydroxylation is 2. The van der Waals surface area contributed by atoms with Gasteiger partial charge in [0.15, 0.2) is 0 Å². The van der Waals surface area contributed by atoms with Crippen LogP contribution in [0.4, 0.5) is 17.1 Å². The molecule has 0 spiro atoms. The summed E-state index contributed by atoms with van der Waals surface area (Å²) in [7, 11) is 0. The molecule has 0 atom stereocenters. The van der Waals surface area contributed by atoms with E-state index < -0.39 is 0 Å². The summed E-state index contributed by atoms with van der Waals surface area (Å²) in [4.78, 5) is 2.33. The molecule has 6 aromatic rings. The lowest BCUT2D eigenvalue weighted by atomic mass is 10.0. The molecule has 0 saturated heterocycles. The Labute approximate surface area is 230 Å². The minimum Gasteiger partial charge on any atom is -0.310 e. The van der Waals surface area contributed by atoms with E-state index >= 15 is 0 Å². The molecule has 0 fully saturated rings. The Morgan fingerprint density at radius 3 is 1.97 bits per heavy atom. The highest BCUT2D eigenvalue weighted by atomic mass is 15.1. The summed E-state index contributed by atoms with van der Waals surface area (Å²) in [6, 6.07) is 45.8. The maximum atomic E-state index is 2.41. The van der Waals surface area contributed by atoms with Gasteiger partial charge < -0.3 is 9.47 Å². The molecule has 0 bridgehead atoms. The van der Waals surface area contributed by atoms with Crippen LogP contribution >= 0.6 is 0 Å². The average molecular weight is 503 g/mol. The molecule has 188 valence electrons. The highest BCUT2D eigenvalue weighted by Crippen LogP contribution is 2.38. The van der Waals surface area contributed by atoms with Crippen molar-refractivity contribution in [3.05, 3.63) is 150 Å². The minimum atomic E-state index is 1.10. The van der Waals surface area contributed by atoms with E-state index in [-0.39, 0.29) is 0 Å². The van der Waals surface area contributed by atoms with Crippen molar-refractivity contribution in [1.82, 2.24) is 4.57 Å². The van der Waals surface area contributed by atoms with Crippen molar-refractivity contribution in [1.29, 1.82) is 0 Å².